The lowest BCUT2D eigenvalue weighted by molar-refractivity contribution is -0.135. The van der Waals surface area contributed by atoms with Crippen LogP contribution in [0, 0.1) is 0 Å². The molecule has 1 aromatic heterocycles. The van der Waals surface area contributed by atoms with Gasteiger partial charge in [0, 0.05) is 30.3 Å². The largest absolute Gasteiger partial charge is 0.342 e. The van der Waals surface area contributed by atoms with Crippen molar-refractivity contribution in [3.8, 4) is 0 Å². The minimum atomic E-state index is -0.634. The second-order valence-electron chi connectivity index (χ2n) is 8.79. The number of carbonyl (C=O) groups excluding carboxylic acids is 2. The Labute approximate surface area is 197 Å². The van der Waals surface area contributed by atoms with E-state index in [1.807, 2.05) is 76.2 Å². The summed E-state index contributed by atoms with van der Waals surface area (Å²) in [4.78, 5) is 41.4. The van der Waals surface area contributed by atoms with Gasteiger partial charge in [0.25, 0.3) is 0 Å². The number of aromatic nitrogens is 1. The third kappa shape index (κ3) is 4.31. The highest BCUT2D eigenvalue weighted by molar-refractivity contribution is 5.95. The molecule has 1 aliphatic rings. The number of pyridine rings is 1. The fourth-order valence-corrected chi connectivity index (χ4v) is 4.84. The van der Waals surface area contributed by atoms with E-state index in [1.165, 1.54) is 0 Å². The molecule has 1 unspecified atom stereocenters. The Kier molecular flexibility index (Phi) is 6.12. The maximum atomic E-state index is 13.3. The van der Waals surface area contributed by atoms with E-state index in [2.05, 4.69) is 5.32 Å². The van der Waals surface area contributed by atoms with Gasteiger partial charge in [-0.25, -0.2) is 0 Å². The van der Waals surface area contributed by atoms with Crippen molar-refractivity contribution in [3.63, 3.8) is 0 Å². The van der Waals surface area contributed by atoms with Crippen molar-refractivity contribution in [2.45, 2.75) is 31.8 Å². The summed E-state index contributed by atoms with van der Waals surface area (Å²) in [7, 11) is 0. The quantitative estimate of drug-likeness (QED) is 0.454. The molecule has 1 atom stereocenters. The van der Waals surface area contributed by atoms with E-state index in [-0.39, 0.29) is 23.8 Å². The zero-order chi connectivity index (χ0) is 23.5. The molecule has 1 N–H and O–H groups in total. The van der Waals surface area contributed by atoms with Crippen molar-refractivity contribution in [3.05, 3.63) is 94.6 Å². The summed E-state index contributed by atoms with van der Waals surface area (Å²) in [6.45, 7) is 1.48. The smallest absolute Gasteiger partial charge is 0.245 e. The summed E-state index contributed by atoms with van der Waals surface area (Å²) in [5.74, 6) is -0.295. The normalized spacial score (nSPS) is 14.4. The van der Waals surface area contributed by atoms with Crippen LogP contribution < -0.4 is 10.7 Å². The van der Waals surface area contributed by atoms with Gasteiger partial charge in [-0.2, -0.15) is 0 Å². The minimum absolute atomic E-state index is 0.0138. The van der Waals surface area contributed by atoms with E-state index in [0.29, 0.717) is 28.2 Å². The maximum Gasteiger partial charge on any atom is 0.245 e. The molecule has 34 heavy (non-hydrogen) atoms. The molecule has 4 aromatic rings. The number of nitrogens with one attached hydrogen (secondary N) is 1. The number of carbonyl (C=O) groups is 2. The molecule has 3 aromatic carbocycles. The van der Waals surface area contributed by atoms with E-state index in [1.54, 1.807) is 12.1 Å². The van der Waals surface area contributed by atoms with E-state index in [9.17, 15) is 14.4 Å². The highest BCUT2D eigenvalue weighted by atomic mass is 16.2. The van der Waals surface area contributed by atoms with Crippen LogP contribution in [-0.4, -0.2) is 40.4 Å². The zero-order valence-electron chi connectivity index (χ0n) is 18.9. The molecule has 0 spiro atoms. The molecule has 172 valence electrons. The molecular formula is C28H27N3O3. The van der Waals surface area contributed by atoms with Crippen LogP contribution in [0.15, 0.2) is 83.7 Å². The second kappa shape index (κ2) is 9.51. The van der Waals surface area contributed by atoms with Crippen molar-refractivity contribution in [1.29, 1.82) is 0 Å². The van der Waals surface area contributed by atoms with E-state index >= 15 is 0 Å². The van der Waals surface area contributed by atoms with Crippen LogP contribution >= 0.6 is 0 Å². The third-order valence-electron chi connectivity index (χ3n) is 6.51. The first kappa shape index (κ1) is 21.9. The number of para-hydroxylation sites is 2. The van der Waals surface area contributed by atoms with Gasteiger partial charge >= 0.3 is 0 Å². The van der Waals surface area contributed by atoms with Gasteiger partial charge in [-0.3, -0.25) is 14.4 Å². The Balaban J connectivity index is 1.47. The first-order valence-corrected chi connectivity index (χ1v) is 11.7. The number of hydrogen-bond donors (Lipinski definition) is 1. The number of fused-ring (bicyclic) bond motifs is 2. The van der Waals surface area contributed by atoms with Crippen molar-refractivity contribution in [2.75, 3.05) is 13.1 Å². The second-order valence-corrected chi connectivity index (χ2v) is 8.79. The van der Waals surface area contributed by atoms with Gasteiger partial charge in [-0.05, 0) is 42.7 Å². The van der Waals surface area contributed by atoms with Crippen molar-refractivity contribution < 1.29 is 9.59 Å². The highest BCUT2D eigenvalue weighted by Crippen LogP contribution is 2.19. The molecule has 6 heteroatoms. The summed E-state index contributed by atoms with van der Waals surface area (Å²) in [5, 5.41) is 4.15. The van der Waals surface area contributed by atoms with Crippen molar-refractivity contribution in [2.24, 2.45) is 0 Å². The topological polar surface area (TPSA) is 71.4 Å². The summed E-state index contributed by atoms with van der Waals surface area (Å²) in [6.07, 6.45) is 2.42. The van der Waals surface area contributed by atoms with E-state index in [0.717, 1.165) is 31.5 Å². The molecule has 0 radical (unpaired) electrons. The standard InChI is InChI=1S/C28H27N3O3/c32-26(29-23(18-20-10-2-1-3-11-20)28(34)30-16-8-9-17-30)19-31-24-14-6-4-12-21(24)27(33)22-13-5-7-15-25(22)31/h1-7,10-15,23H,8-9,16-19H2,(H,29,32). The van der Waals surface area contributed by atoms with Crippen LogP contribution in [0.25, 0.3) is 21.8 Å². The van der Waals surface area contributed by atoms with Crippen LogP contribution in [0.1, 0.15) is 18.4 Å². The maximum absolute atomic E-state index is 13.3. The lowest BCUT2D eigenvalue weighted by Crippen LogP contribution is -2.49. The monoisotopic (exact) mass is 453 g/mol. The molecule has 2 amide bonds. The lowest BCUT2D eigenvalue weighted by atomic mass is 10.0. The molecule has 0 bridgehead atoms. The van der Waals surface area contributed by atoms with Gasteiger partial charge in [0.15, 0.2) is 5.43 Å². The molecule has 1 fully saturated rings. The van der Waals surface area contributed by atoms with Gasteiger partial charge in [-0.15, -0.1) is 0 Å². The molecule has 1 aliphatic heterocycles. The first-order valence-electron chi connectivity index (χ1n) is 11.7. The van der Waals surface area contributed by atoms with Crippen molar-refractivity contribution >= 4 is 33.6 Å². The number of hydrogen-bond acceptors (Lipinski definition) is 3. The summed E-state index contributed by atoms with van der Waals surface area (Å²) in [6, 6.07) is 23.8. The van der Waals surface area contributed by atoms with Gasteiger partial charge < -0.3 is 14.8 Å². The Morgan fingerprint density at radius 2 is 1.35 bits per heavy atom. The highest BCUT2D eigenvalue weighted by Gasteiger charge is 2.28. The molecule has 5 rings (SSSR count). The number of benzene rings is 3. The van der Waals surface area contributed by atoms with Crippen molar-refractivity contribution in [1.82, 2.24) is 14.8 Å². The Morgan fingerprint density at radius 1 is 0.794 bits per heavy atom. The Morgan fingerprint density at radius 3 is 1.97 bits per heavy atom. The zero-order valence-corrected chi connectivity index (χ0v) is 18.9. The summed E-state index contributed by atoms with van der Waals surface area (Å²) < 4.78 is 1.86. The van der Waals surface area contributed by atoms with Crippen LogP contribution in [0.3, 0.4) is 0 Å². The average molecular weight is 454 g/mol. The minimum Gasteiger partial charge on any atom is -0.342 e. The predicted molar refractivity (Wildman–Crippen MR) is 134 cm³/mol. The van der Waals surface area contributed by atoms with E-state index < -0.39 is 6.04 Å². The molecule has 2 heterocycles. The molecule has 6 nitrogen and oxygen atoms in total. The van der Waals surface area contributed by atoms with Gasteiger partial charge in [0.2, 0.25) is 11.8 Å². The fraction of sp³-hybridized carbons (Fsp3) is 0.250. The van der Waals surface area contributed by atoms with Gasteiger partial charge in [0.05, 0.1) is 11.0 Å². The molecule has 0 aliphatic carbocycles. The van der Waals surface area contributed by atoms with Crippen LogP contribution in [0.2, 0.25) is 0 Å². The fourth-order valence-electron chi connectivity index (χ4n) is 4.84. The molecule has 0 saturated carbocycles. The number of nitrogens with zero attached hydrogens (tertiary/aromatic N) is 2. The predicted octanol–water partition coefficient (Wildman–Crippen LogP) is 3.50. The van der Waals surface area contributed by atoms with Crippen LogP contribution in [0.5, 0.6) is 0 Å². The summed E-state index contributed by atoms with van der Waals surface area (Å²) in [5.41, 5.74) is 2.35. The Hall–Kier alpha value is -3.93. The summed E-state index contributed by atoms with van der Waals surface area (Å²) >= 11 is 0. The average Bonchev–Trinajstić information content (AvgIpc) is 3.41. The van der Waals surface area contributed by atoms with Gasteiger partial charge in [-0.1, -0.05) is 54.6 Å². The third-order valence-corrected chi connectivity index (χ3v) is 6.51. The number of amides is 2. The number of likely N-dealkylation sites (tertiary alicyclic amines) is 1. The lowest BCUT2D eigenvalue weighted by Gasteiger charge is -2.25. The van der Waals surface area contributed by atoms with Gasteiger partial charge in [0.1, 0.15) is 12.6 Å². The first-order chi connectivity index (χ1) is 16.6. The Bertz CT molecular complexity index is 1350. The molecule has 1 saturated heterocycles. The van der Waals surface area contributed by atoms with E-state index in [4.69, 9.17) is 0 Å². The van der Waals surface area contributed by atoms with Crippen LogP contribution in [-0.2, 0) is 22.6 Å². The molecular weight excluding hydrogens is 426 g/mol. The number of rotatable bonds is 6. The van der Waals surface area contributed by atoms with Crippen LogP contribution in [0.4, 0.5) is 0 Å². The SMILES string of the molecule is O=C(Cn1c2ccccc2c(=O)c2ccccc21)NC(Cc1ccccc1)C(=O)N1CCCC1.